The van der Waals surface area contributed by atoms with Gasteiger partial charge in [-0.15, -0.1) is 0 Å². The van der Waals surface area contributed by atoms with Crippen molar-refractivity contribution in [3.8, 4) is 0 Å². The molecule has 3 rings (SSSR count). The largest absolute Gasteiger partial charge is 2.00 e. The molecule has 1 aliphatic rings. The molecule has 182 valence electrons. The van der Waals surface area contributed by atoms with Crippen molar-refractivity contribution in [1.82, 2.24) is 15.3 Å². The summed E-state index contributed by atoms with van der Waals surface area (Å²) >= 11 is 0. The zero-order chi connectivity index (χ0) is 24.7. The minimum Gasteiger partial charge on any atom is -1.00 e. The van der Waals surface area contributed by atoms with Gasteiger partial charge < -0.3 is 34.4 Å². The monoisotopic (exact) mass is 513 g/mol. The molecule has 35 heavy (non-hydrogen) atoms. The number of nitrogens with one attached hydrogen (secondary N) is 4. The van der Waals surface area contributed by atoms with Gasteiger partial charge in [0.1, 0.15) is 6.04 Å². The molecule has 0 spiro atoms. The minimum absolute atomic E-state index is 0. The molecule has 0 fully saturated rings. The number of aliphatic imine (C=N–C) groups is 1. The van der Waals surface area contributed by atoms with Gasteiger partial charge in [0, 0.05) is 17.7 Å². The second-order valence-corrected chi connectivity index (χ2v) is 7.10. The quantitative estimate of drug-likeness (QED) is 0.103. The summed E-state index contributed by atoms with van der Waals surface area (Å²) in [5.74, 6) is -2.57. The molecular formula is C20H23CaN7O7. The van der Waals surface area contributed by atoms with E-state index in [9.17, 15) is 29.1 Å². The number of amides is 1. The second-order valence-electron chi connectivity index (χ2n) is 7.10. The first-order chi connectivity index (χ1) is 16.3. The van der Waals surface area contributed by atoms with Crippen molar-refractivity contribution in [2.45, 2.75) is 18.9 Å². The van der Waals surface area contributed by atoms with Crippen molar-refractivity contribution >= 4 is 90.9 Å². The van der Waals surface area contributed by atoms with Gasteiger partial charge in [-0.05, 0) is 30.7 Å². The number of nitrogens with two attached hydrogens (primary N) is 1. The number of carboxylic acid groups (broad SMARTS) is 1. The molecule has 1 amide bonds. The summed E-state index contributed by atoms with van der Waals surface area (Å²) in [6.07, 6.45) is -0.588. The number of hydrogen-bond acceptors (Lipinski definition) is 11. The molecule has 1 aromatic carbocycles. The number of carbonyl (C=O) groups excluding carboxylic acids is 3. The first kappa shape index (κ1) is 27.8. The summed E-state index contributed by atoms with van der Waals surface area (Å²) in [5.41, 5.74) is 6.69. The zero-order valence-corrected chi connectivity index (χ0v) is 20.6. The van der Waals surface area contributed by atoms with E-state index in [0.717, 1.165) is 0 Å². The fraction of sp³-hybridized carbons (Fsp3) is 0.250. The molecule has 0 bridgehead atoms. The van der Waals surface area contributed by atoms with Crippen molar-refractivity contribution in [2.24, 2.45) is 4.99 Å². The van der Waals surface area contributed by atoms with Gasteiger partial charge in [-0.3, -0.25) is 24.2 Å². The molecule has 14 nitrogen and oxygen atoms in total. The van der Waals surface area contributed by atoms with Crippen LogP contribution in [0.4, 0.5) is 23.1 Å². The fourth-order valence-electron chi connectivity index (χ4n) is 3.01. The number of H-pyrrole nitrogens is 1. The Hall–Kier alpha value is -3.49. The van der Waals surface area contributed by atoms with Crippen molar-refractivity contribution in [3.63, 3.8) is 0 Å². The Kier molecular flexibility index (Phi) is 10.2. The van der Waals surface area contributed by atoms with Crippen LogP contribution in [0.2, 0.25) is 0 Å². The Balaban J connectivity index is 0.00000432. The van der Waals surface area contributed by atoms with Crippen LogP contribution >= 0.6 is 0 Å². The molecule has 7 N–H and O–H groups in total. The number of carbonyl (C=O) groups is 4. The van der Waals surface area contributed by atoms with Crippen LogP contribution in [0.5, 0.6) is 0 Å². The number of esters is 1. The van der Waals surface area contributed by atoms with Crippen LogP contribution in [-0.4, -0.2) is 102 Å². The van der Waals surface area contributed by atoms with Gasteiger partial charge >= 0.3 is 56.1 Å². The molecular weight excluding hydrogens is 490 g/mol. The Morgan fingerprint density at radius 1 is 1.29 bits per heavy atom. The van der Waals surface area contributed by atoms with E-state index in [4.69, 9.17) is 5.73 Å². The predicted octanol–water partition coefficient (Wildman–Crippen LogP) is -0.531. The van der Waals surface area contributed by atoms with E-state index in [1.54, 1.807) is 12.1 Å². The number of nitrogen functional groups attached to an aromatic ring is 1. The van der Waals surface area contributed by atoms with Gasteiger partial charge in [0.15, 0.2) is 11.5 Å². The summed E-state index contributed by atoms with van der Waals surface area (Å²) in [6, 6.07) is 4.88. The SMILES string of the molecule is Nc1nc2c(c(=O)[nH]1)N=C(CNc1ccc(C(=O)NC(CCC(=O)OC=O)C(=O)O)cc1)CN2.[Ca+2].[H-].[H-]. The second kappa shape index (κ2) is 12.8. The molecule has 2 heterocycles. The van der Waals surface area contributed by atoms with Crippen molar-refractivity contribution in [2.75, 3.05) is 29.5 Å². The van der Waals surface area contributed by atoms with Gasteiger partial charge in [0.05, 0.1) is 18.8 Å². The molecule has 0 radical (unpaired) electrons. The van der Waals surface area contributed by atoms with Gasteiger partial charge in [-0.2, -0.15) is 4.98 Å². The van der Waals surface area contributed by atoms with E-state index in [0.29, 0.717) is 30.3 Å². The first-order valence-electron chi connectivity index (χ1n) is 9.97. The maximum Gasteiger partial charge on any atom is 2.00 e. The number of anilines is 3. The Morgan fingerprint density at radius 2 is 2.00 bits per heavy atom. The average molecular weight is 514 g/mol. The van der Waals surface area contributed by atoms with Crippen molar-refractivity contribution in [1.29, 1.82) is 0 Å². The summed E-state index contributed by atoms with van der Waals surface area (Å²) in [4.78, 5) is 67.7. The fourth-order valence-corrected chi connectivity index (χ4v) is 3.01. The average Bonchev–Trinajstić information content (AvgIpc) is 2.80. The van der Waals surface area contributed by atoms with Crippen LogP contribution in [0.3, 0.4) is 0 Å². The predicted molar refractivity (Wildman–Crippen MR) is 128 cm³/mol. The summed E-state index contributed by atoms with van der Waals surface area (Å²) < 4.78 is 4.10. The smallest absolute Gasteiger partial charge is 1.00 e. The maximum absolute atomic E-state index is 12.4. The Labute approximate surface area is 230 Å². The number of nitrogens with zero attached hydrogens (tertiary/aromatic N) is 2. The number of carboxylic acids is 1. The van der Waals surface area contributed by atoms with E-state index in [2.05, 4.69) is 35.6 Å². The normalized spacial score (nSPS) is 12.5. The number of aromatic nitrogens is 2. The molecule has 0 saturated heterocycles. The van der Waals surface area contributed by atoms with Gasteiger partial charge in [0.2, 0.25) is 5.95 Å². The molecule has 1 aliphatic heterocycles. The zero-order valence-electron chi connectivity index (χ0n) is 20.4. The van der Waals surface area contributed by atoms with Crippen molar-refractivity contribution < 1.29 is 31.9 Å². The van der Waals surface area contributed by atoms with Crippen molar-refractivity contribution in [3.05, 3.63) is 40.2 Å². The number of hydrogen-bond donors (Lipinski definition) is 6. The van der Waals surface area contributed by atoms with E-state index < -0.39 is 29.4 Å². The molecule has 1 aromatic heterocycles. The molecule has 0 aliphatic carbocycles. The van der Waals surface area contributed by atoms with E-state index in [-0.39, 0.29) is 77.1 Å². The number of rotatable bonds is 10. The van der Waals surface area contributed by atoms with Crippen LogP contribution in [0, 0.1) is 0 Å². The standard InChI is InChI=1S/C20H21N7O7.Ca.2H/c21-20-26-16-15(18(31)27-20)24-12(8-23-16)7-22-11-3-1-10(2-4-11)17(30)25-13(19(32)33)5-6-14(29)34-9-28;;;/h1-4,9,13,22H,5-8H2,(H,25,30)(H,32,33)(H4,21,23,26,27,31);;;/q;+2;2*-1. The maximum atomic E-state index is 12.4. The third-order valence-electron chi connectivity index (χ3n) is 4.71. The molecule has 15 heteroatoms. The van der Waals surface area contributed by atoms with E-state index in [1.807, 2.05) is 0 Å². The number of benzene rings is 1. The van der Waals surface area contributed by atoms with Crippen LogP contribution in [-0.2, 0) is 19.1 Å². The number of fused-ring (bicyclic) bond motifs is 1. The van der Waals surface area contributed by atoms with Gasteiger partial charge in [-0.25, -0.2) is 9.79 Å². The molecule has 0 saturated carbocycles. The number of aliphatic carboxylic acids is 1. The summed E-state index contributed by atoms with van der Waals surface area (Å²) in [6.45, 7) is 0.614. The van der Waals surface area contributed by atoms with Crippen LogP contribution in [0.1, 0.15) is 26.1 Å². The Morgan fingerprint density at radius 3 is 2.66 bits per heavy atom. The van der Waals surface area contributed by atoms with Crippen LogP contribution in [0.25, 0.3) is 0 Å². The number of ether oxygens (including phenoxy) is 1. The summed E-state index contributed by atoms with van der Waals surface area (Å²) in [7, 11) is 0. The first-order valence-corrected chi connectivity index (χ1v) is 9.97. The number of aromatic amines is 1. The topological polar surface area (TPSA) is 218 Å². The van der Waals surface area contributed by atoms with E-state index in [1.165, 1.54) is 12.1 Å². The minimum atomic E-state index is -1.34. The summed E-state index contributed by atoms with van der Waals surface area (Å²) in [5, 5.41) is 17.7. The van der Waals surface area contributed by atoms with Gasteiger partial charge in [-0.1, -0.05) is 0 Å². The molecule has 1 atom stereocenters. The van der Waals surface area contributed by atoms with Crippen LogP contribution in [0.15, 0.2) is 34.1 Å². The van der Waals surface area contributed by atoms with Crippen LogP contribution < -0.4 is 27.2 Å². The Bertz CT molecular complexity index is 1210. The third kappa shape index (κ3) is 7.77. The molecule has 2 aromatic rings. The third-order valence-corrected chi connectivity index (χ3v) is 4.71. The van der Waals surface area contributed by atoms with E-state index >= 15 is 0 Å². The van der Waals surface area contributed by atoms with Gasteiger partial charge in [0.25, 0.3) is 11.5 Å². The molecule has 1 unspecified atom stereocenters.